The van der Waals surface area contributed by atoms with Gasteiger partial charge in [-0.05, 0) is 12.3 Å². The van der Waals surface area contributed by atoms with E-state index in [1.54, 1.807) is 6.07 Å². The quantitative estimate of drug-likeness (QED) is 0.355. The minimum atomic E-state index is -1.35. The van der Waals surface area contributed by atoms with Crippen molar-refractivity contribution < 1.29 is 8.50 Å². The zero-order valence-electron chi connectivity index (χ0n) is 7.78. The van der Waals surface area contributed by atoms with Gasteiger partial charge in [0.15, 0.2) is 5.26 Å². The summed E-state index contributed by atoms with van der Waals surface area (Å²) in [7, 11) is -1.35. The van der Waals surface area contributed by atoms with E-state index in [4.69, 9.17) is 28.5 Å². The molecular weight excluding hydrogens is 257 g/mol. The number of pyridine rings is 1. The smallest absolute Gasteiger partial charge is 0.464 e. The van der Waals surface area contributed by atoms with Gasteiger partial charge in [-0.3, -0.25) is 0 Å². The van der Waals surface area contributed by atoms with Crippen molar-refractivity contribution in [3.63, 3.8) is 0 Å². The summed E-state index contributed by atoms with van der Waals surface area (Å²) in [6, 6.07) is 1.59. The zero-order valence-corrected chi connectivity index (χ0v) is 10.1. The van der Waals surface area contributed by atoms with E-state index in [1.165, 1.54) is 12.5 Å². The topological polar surface area (TPSA) is 62.8 Å². The minimum absolute atomic E-state index is 0.198. The van der Waals surface area contributed by atoms with Crippen LogP contribution >= 0.6 is 23.2 Å². The van der Waals surface area contributed by atoms with Crippen molar-refractivity contribution in [1.82, 2.24) is 4.98 Å². The van der Waals surface area contributed by atoms with Crippen molar-refractivity contribution in [2.75, 3.05) is 6.26 Å². The van der Waals surface area contributed by atoms with Gasteiger partial charge in [0.25, 0.3) is 0 Å². The van der Waals surface area contributed by atoms with E-state index < -0.39 is 11.0 Å². The van der Waals surface area contributed by atoms with E-state index >= 15 is 0 Å². The predicted octanol–water partition coefficient (Wildman–Crippen LogP) is 1.94. The van der Waals surface area contributed by atoms with Crippen LogP contribution in [-0.2, 0) is 17.5 Å². The molecule has 0 amide bonds. The molecule has 0 saturated heterocycles. The molecule has 0 saturated carbocycles. The van der Waals surface area contributed by atoms with E-state index in [1.807, 2.05) is 6.19 Å². The summed E-state index contributed by atoms with van der Waals surface area (Å²) in [5, 5.41) is 9.21. The van der Waals surface area contributed by atoms with E-state index in [-0.39, 0.29) is 11.7 Å². The highest BCUT2D eigenvalue weighted by Crippen LogP contribution is 2.19. The average Bonchev–Trinajstić information content (AvgIpc) is 2.19. The molecule has 7 heteroatoms. The summed E-state index contributed by atoms with van der Waals surface area (Å²) >= 11 is 11.4. The molecule has 1 aromatic heterocycles. The summed E-state index contributed by atoms with van der Waals surface area (Å²) < 4.78 is 12.2. The van der Waals surface area contributed by atoms with Gasteiger partial charge in [-0.2, -0.15) is 3.95 Å². The molecule has 1 aromatic rings. The second-order valence-electron chi connectivity index (χ2n) is 2.68. The highest BCUT2D eigenvalue weighted by molar-refractivity contribution is 7.78. The van der Waals surface area contributed by atoms with E-state index in [0.29, 0.717) is 10.6 Å². The Kier molecular flexibility index (Phi) is 4.48. The Balaban J connectivity index is 2.97. The number of rotatable bonds is 2. The highest BCUT2D eigenvalue weighted by atomic mass is 35.5. The summed E-state index contributed by atoms with van der Waals surface area (Å²) in [6.07, 6.45) is 4.73. The maximum Gasteiger partial charge on any atom is 0.464 e. The van der Waals surface area contributed by atoms with Gasteiger partial charge in [0.1, 0.15) is 11.7 Å². The molecule has 0 aromatic carbocycles. The van der Waals surface area contributed by atoms with Gasteiger partial charge in [0.2, 0.25) is 0 Å². The lowest BCUT2D eigenvalue weighted by Gasteiger charge is -2.06. The Hall–Kier alpha value is -0.670. The van der Waals surface area contributed by atoms with Crippen LogP contribution in [-0.4, -0.2) is 19.7 Å². The standard InChI is InChI=1S/C8H7Cl2N3OS/c1-15(14)13(5-11)4-6-2-7(9)8(10)12-3-6/h2-3H,4H2,1H3. The van der Waals surface area contributed by atoms with Crippen molar-refractivity contribution in [3.05, 3.63) is 28.0 Å². The number of hydrogen-bond acceptors (Lipinski definition) is 3. The molecule has 0 radical (unpaired) electrons. The van der Waals surface area contributed by atoms with Crippen molar-refractivity contribution in [3.8, 4) is 6.19 Å². The van der Waals surface area contributed by atoms with Crippen LogP contribution in [0.4, 0.5) is 0 Å². The maximum atomic E-state index is 11.1. The molecule has 4 nitrogen and oxygen atoms in total. The van der Waals surface area contributed by atoms with Crippen LogP contribution in [0.1, 0.15) is 5.56 Å². The third-order valence-corrected chi connectivity index (χ3v) is 3.12. The van der Waals surface area contributed by atoms with Gasteiger partial charge < -0.3 is 4.55 Å². The summed E-state index contributed by atoms with van der Waals surface area (Å²) in [5.41, 5.74) is 0.682. The predicted molar refractivity (Wildman–Crippen MR) is 57.9 cm³/mol. The SMILES string of the molecule is CS([O-])=[N+](C#N)Cc1cnc(Cl)c(Cl)c1. The average molecular weight is 264 g/mol. The first kappa shape index (κ1) is 12.4. The van der Waals surface area contributed by atoms with E-state index in [0.717, 1.165) is 3.95 Å². The van der Waals surface area contributed by atoms with Crippen LogP contribution in [0.2, 0.25) is 10.2 Å². The first-order valence-corrected chi connectivity index (χ1v) is 6.12. The number of nitriles is 1. The van der Waals surface area contributed by atoms with E-state index in [9.17, 15) is 4.55 Å². The molecule has 0 fully saturated rings. The van der Waals surface area contributed by atoms with Gasteiger partial charge >= 0.3 is 6.19 Å². The van der Waals surface area contributed by atoms with Gasteiger partial charge in [-0.1, -0.05) is 23.2 Å². The molecule has 0 N–H and O–H groups in total. The molecule has 0 aliphatic rings. The molecule has 1 unspecified atom stereocenters. The molecule has 80 valence electrons. The lowest BCUT2D eigenvalue weighted by molar-refractivity contribution is -0.433. The Morgan fingerprint density at radius 2 is 2.33 bits per heavy atom. The van der Waals surface area contributed by atoms with Crippen LogP contribution in [0.3, 0.4) is 0 Å². The molecule has 0 spiro atoms. The number of halogens is 2. The molecule has 1 rings (SSSR count). The van der Waals surface area contributed by atoms with Gasteiger partial charge in [0.05, 0.1) is 5.02 Å². The van der Waals surface area contributed by atoms with Crippen LogP contribution < -0.4 is 0 Å². The molecular formula is C8H7Cl2N3OS. The fourth-order valence-electron chi connectivity index (χ4n) is 0.897. The molecule has 15 heavy (non-hydrogen) atoms. The second-order valence-corrected chi connectivity index (χ2v) is 4.73. The lowest BCUT2D eigenvalue weighted by atomic mass is 10.3. The number of nitrogens with zero attached hydrogens (tertiary/aromatic N) is 3. The molecule has 1 atom stereocenters. The first-order valence-electron chi connectivity index (χ1n) is 3.85. The largest absolute Gasteiger partial charge is 0.772 e. The second kappa shape index (κ2) is 5.42. The van der Waals surface area contributed by atoms with Crippen molar-refractivity contribution >= 4 is 34.2 Å². The van der Waals surface area contributed by atoms with Crippen molar-refractivity contribution in [1.29, 1.82) is 5.26 Å². The maximum absolute atomic E-state index is 11.1. The highest BCUT2D eigenvalue weighted by Gasteiger charge is 2.06. The summed E-state index contributed by atoms with van der Waals surface area (Å²) in [4.78, 5) is 3.82. The fourth-order valence-corrected chi connectivity index (χ4v) is 1.64. The van der Waals surface area contributed by atoms with Crippen molar-refractivity contribution in [2.45, 2.75) is 6.54 Å². The minimum Gasteiger partial charge on any atom is -0.772 e. The van der Waals surface area contributed by atoms with Gasteiger partial charge in [0, 0.05) is 11.8 Å². The fraction of sp³-hybridized carbons (Fsp3) is 0.250. The summed E-state index contributed by atoms with van der Waals surface area (Å²) in [6.45, 7) is 0.198. The van der Waals surface area contributed by atoms with Crippen molar-refractivity contribution in [2.24, 2.45) is 0 Å². The summed E-state index contributed by atoms with van der Waals surface area (Å²) in [5.74, 6) is 0. The van der Waals surface area contributed by atoms with Gasteiger partial charge in [-0.25, -0.2) is 4.98 Å². The third kappa shape index (κ3) is 3.43. The zero-order chi connectivity index (χ0) is 11.4. The third-order valence-electron chi connectivity index (χ3n) is 1.60. The monoisotopic (exact) mass is 263 g/mol. The lowest BCUT2D eigenvalue weighted by Crippen LogP contribution is -2.09. The number of hydrogen-bond donors (Lipinski definition) is 0. The van der Waals surface area contributed by atoms with Crippen LogP contribution in [0.15, 0.2) is 12.3 Å². The van der Waals surface area contributed by atoms with Crippen LogP contribution in [0.5, 0.6) is 0 Å². The normalized spacial score (nSPS) is 13.1. The van der Waals surface area contributed by atoms with Gasteiger partial charge in [-0.15, -0.1) is 11.0 Å². The molecule has 0 aliphatic heterocycles. The number of aromatic nitrogens is 1. The molecule has 0 bridgehead atoms. The molecule has 1 heterocycles. The Bertz CT molecular complexity index is 452. The van der Waals surface area contributed by atoms with Crippen LogP contribution in [0, 0.1) is 11.5 Å². The Labute approximate surface area is 100.0 Å². The first-order chi connectivity index (χ1) is 7.04. The van der Waals surface area contributed by atoms with E-state index in [2.05, 4.69) is 4.98 Å². The Morgan fingerprint density at radius 3 is 2.80 bits per heavy atom. The van der Waals surface area contributed by atoms with Crippen LogP contribution in [0.25, 0.3) is 0 Å². The Morgan fingerprint density at radius 1 is 1.67 bits per heavy atom. The molecule has 0 aliphatic carbocycles.